The van der Waals surface area contributed by atoms with Crippen LogP contribution in [-0.4, -0.2) is 76.2 Å². The Hall–Kier alpha value is -3.61. The monoisotopic (exact) mass is 891 g/mol. The van der Waals surface area contributed by atoms with Gasteiger partial charge >= 0.3 is 23.9 Å². The number of amides is 2. The van der Waals surface area contributed by atoms with Gasteiger partial charge in [-0.2, -0.15) is 11.8 Å². The van der Waals surface area contributed by atoms with E-state index in [1.54, 1.807) is 0 Å². The van der Waals surface area contributed by atoms with Crippen molar-refractivity contribution in [3.8, 4) is 0 Å². The fourth-order valence-electron chi connectivity index (χ4n) is 7.12. The van der Waals surface area contributed by atoms with Gasteiger partial charge in [0.15, 0.2) is 0 Å². The van der Waals surface area contributed by atoms with Crippen molar-refractivity contribution < 1.29 is 48.5 Å². The Morgan fingerprint density at radius 2 is 1.02 bits per heavy atom. The van der Waals surface area contributed by atoms with Crippen molar-refractivity contribution in [3.63, 3.8) is 0 Å². The van der Waals surface area contributed by atoms with Gasteiger partial charge in [-0.15, -0.1) is 0 Å². The lowest BCUT2D eigenvalue weighted by atomic mass is 10.0. The first kappa shape index (κ1) is 56.4. The molecule has 4 N–H and O–H groups in total. The number of unbranched alkanes of at least 4 members (excludes halogenated alkanes) is 24. The molecular formula is C49H82N2O10S. The minimum absolute atomic E-state index is 0.0235. The number of carbonyl (C=O) groups excluding carboxylic acids is 4. The molecule has 354 valence electrons. The van der Waals surface area contributed by atoms with E-state index in [1.165, 1.54) is 164 Å². The molecule has 2 atom stereocenters. The minimum Gasteiger partial charge on any atom is -0.481 e. The summed E-state index contributed by atoms with van der Waals surface area (Å²) in [4.78, 5) is 72.8. The smallest absolute Gasteiger partial charge is 0.326 e. The summed E-state index contributed by atoms with van der Waals surface area (Å²) >= 11 is 1.43. The second-order valence-corrected chi connectivity index (χ2v) is 17.8. The van der Waals surface area contributed by atoms with Gasteiger partial charge in [0.25, 0.3) is 5.91 Å². The molecule has 0 fully saturated rings. The Kier molecular flexibility index (Phi) is 35.5. The van der Waals surface area contributed by atoms with Crippen LogP contribution in [0.2, 0.25) is 0 Å². The predicted molar refractivity (Wildman–Crippen MR) is 250 cm³/mol. The van der Waals surface area contributed by atoms with Crippen LogP contribution >= 0.6 is 11.8 Å². The zero-order chi connectivity index (χ0) is 45.5. The number of carboxylic acids is 2. The maximum atomic E-state index is 12.8. The van der Waals surface area contributed by atoms with E-state index in [-0.39, 0.29) is 36.4 Å². The number of carboxylic acid groups (broad SMARTS) is 2. The summed E-state index contributed by atoms with van der Waals surface area (Å²) in [6.45, 7) is 4.47. The van der Waals surface area contributed by atoms with E-state index in [0.717, 1.165) is 38.5 Å². The molecule has 1 aromatic rings. The van der Waals surface area contributed by atoms with Crippen LogP contribution in [0, 0.1) is 0 Å². The fourth-order valence-corrected chi connectivity index (χ4v) is 8.04. The average Bonchev–Trinajstić information content (AvgIpc) is 3.24. The maximum absolute atomic E-state index is 12.8. The summed E-state index contributed by atoms with van der Waals surface area (Å²) in [5.74, 6) is -3.65. The van der Waals surface area contributed by atoms with E-state index in [9.17, 15) is 33.9 Å². The molecule has 0 radical (unpaired) electrons. The number of hydrogen-bond donors (Lipinski definition) is 4. The SMILES string of the molecule is CCCCCCCCCCCCCCCC(=O)OCC(CSCCC(=O)Nc1ccc(C(=O)N[C@@H](CC(=O)O)C(=O)O)cc1)OC(=O)CCCCCCCCCCCCCCC. The molecule has 0 aromatic heterocycles. The van der Waals surface area contributed by atoms with Crippen molar-refractivity contribution in [2.24, 2.45) is 0 Å². The Morgan fingerprint density at radius 3 is 1.45 bits per heavy atom. The number of benzene rings is 1. The van der Waals surface area contributed by atoms with Crippen LogP contribution in [0.5, 0.6) is 0 Å². The lowest BCUT2D eigenvalue weighted by Gasteiger charge is -2.18. The van der Waals surface area contributed by atoms with Crippen molar-refractivity contribution in [1.82, 2.24) is 5.32 Å². The van der Waals surface area contributed by atoms with Crippen molar-refractivity contribution in [3.05, 3.63) is 29.8 Å². The largest absolute Gasteiger partial charge is 0.481 e. The second-order valence-electron chi connectivity index (χ2n) is 16.7. The van der Waals surface area contributed by atoms with Gasteiger partial charge in [0.05, 0.1) is 6.42 Å². The molecule has 12 nitrogen and oxygen atoms in total. The molecule has 0 aliphatic rings. The number of aliphatic carboxylic acids is 2. The molecule has 1 rings (SSSR count). The van der Waals surface area contributed by atoms with Crippen molar-refractivity contribution in [2.75, 3.05) is 23.4 Å². The first-order valence-electron chi connectivity index (χ1n) is 24.1. The topological polar surface area (TPSA) is 185 Å². The number of ether oxygens (including phenoxy) is 2. The summed E-state index contributed by atoms with van der Waals surface area (Å²) in [6, 6.07) is 4.20. The first-order valence-corrected chi connectivity index (χ1v) is 25.3. The average molecular weight is 891 g/mol. The van der Waals surface area contributed by atoms with Crippen LogP contribution in [-0.2, 0) is 33.4 Å². The summed E-state index contributed by atoms with van der Waals surface area (Å²) < 4.78 is 11.4. The van der Waals surface area contributed by atoms with Crippen LogP contribution in [0.3, 0.4) is 0 Å². The molecule has 1 unspecified atom stereocenters. The highest BCUT2D eigenvalue weighted by Gasteiger charge is 2.24. The van der Waals surface area contributed by atoms with Crippen molar-refractivity contribution in [1.29, 1.82) is 0 Å². The van der Waals surface area contributed by atoms with Gasteiger partial charge in [-0.1, -0.05) is 168 Å². The fraction of sp³-hybridized carbons (Fsp3) is 0.755. The number of rotatable bonds is 42. The number of hydrogen-bond acceptors (Lipinski definition) is 9. The van der Waals surface area contributed by atoms with E-state index in [0.29, 0.717) is 30.0 Å². The van der Waals surface area contributed by atoms with Crippen molar-refractivity contribution in [2.45, 2.75) is 219 Å². The Labute approximate surface area is 377 Å². The van der Waals surface area contributed by atoms with Gasteiger partial charge in [-0.05, 0) is 37.1 Å². The van der Waals surface area contributed by atoms with Gasteiger partial charge in [0, 0.05) is 42.0 Å². The van der Waals surface area contributed by atoms with Gasteiger partial charge < -0.3 is 30.3 Å². The Morgan fingerprint density at radius 1 is 0.581 bits per heavy atom. The number of nitrogens with one attached hydrogen (secondary N) is 2. The lowest BCUT2D eigenvalue weighted by molar-refractivity contribution is -0.157. The van der Waals surface area contributed by atoms with E-state index in [2.05, 4.69) is 24.5 Å². The zero-order valence-corrected chi connectivity index (χ0v) is 39.2. The first-order chi connectivity index (χ1) is 30.0. The number of thioether (sulfide) groups is 1. The van der Waals surface area contributed by atoms with Crippen LogP contribution in [0.1, 0.15) is 217 Å². The van der Waals surface area contributed by atoms with Gasteiger partial charge in [-0.3, -0.25) is 24.0 Å². The van der Waals surface area contributed by atoms with Gasteiger partial charge in [0.1, 0.15) is 18.8 Å². The van der Waals surface area contributed by atoms with Crippen molar-refractivity contribution >= 4 is 53.1 Å². The normalized spacial score (nSPS) is 12.0. The van der Waals surface area contributed by atoms with E-state index in [4.69, 9.17) is 14.6 Å². The molecule has 13 heteroatoms. The molecule has 0 aliphatic heterocycles. The number of esters is 2. The quantitative estimate of drug-likeness (QED) is 0.0361. The van der Waals surface area contributed by atoms with Gasteiger partial charge in [-0.25, -0.2) is 4.79 Å². The molecule has 0 heterocycles. The highest BCUT2D eigenvalue weighted by Crippen LogP contribution is 2.17. The molecule has 0 aliphatic carbocycles. The second kappa shape index (κ2) is 39.0. The molecule has 2 amide bonds. The highest BCUT2D eigenvalue weighted by atomic mass is 32.2. The van der Waals surface area contributed by atoms with E-state index < -0.39 is 36.4 Å². The third-order valence-corrected chi connectivity index (χ3v) is 12.0. The highest BCUT2D eigenvalue weighted by molar-refractivity contribution is 7.99. The Bertz CT molecular complexity index is 1360. The summed E-state index contributed by atoms with van der Waals surface area (Å²) in [5.41, 5.74) is 0.530. The number of carbonyl (C=O) groups is 6. The van der Waals surface area contributed by atoms with Gasteiger partial charge in [0.2, 0.25) is 5.91 Å². The molecule has 62 heavy (non-hydrogen) atoms. The summed E-state index contributed by atoms with van der Waals surface area (Å²) in [5, 5.41) is 23.0. The minimum atomic E-state index is -1.58. The van der Waals surface area contributed by atoms with Crippen LogP contribution < -0.4 is 10.6 Å². The van der Waals surface area contributed by atoms with Crippen LogP contribution in [0.4, 0.5) is 5.69 Å². The van der Waals surface area contributed by atoms with Crippen LogP contribution in [0.15, 0.2) is 24.3 Å². The molecule has 0 bridgehead atoms. The van der Waals surface area contributed by atoms with E-state index in [1.807, 2.05) is 0 Å². The standard InChI is InChI=1S/C49H82N2O10S/c1-3-5-7-9-11-13-15-17-19-21-23-25-27-29-46(55)60-38-42(61-47(56)30-28-26-24-22-20-18-16-14-12-10-8-6-4-2)39-62-36-35-44(52)50-41-33-31-40(32-34-41)48(57)51-43(49(58)59)37-45(53)54/h31-34,42-43H,3-30,35-39H2,1-2H3,(H,50,52)(H,51,57)(H,53,54)(H,58,59)/t42?,43-/m0/s1. The Balaban J connectivity index is 2.47. The molecule has 0 saturated heterocycles. The number of anilines is 1. The molecular weight excluding hydrogens is 809 g/mol. The third kappa shape index (κ3) is 33.0. The molecule has 0 spiro atoms. The van der Waals surface area contributed by atoms with Crippen LogP contribution in [0.25, 0.3) is 0 Å². The predicted octanol–water partition coefficient (Wildman–Crippen LogP) is 11.8. The maximum Gasteiger partial charge on any atom is 0.326 e. The summed E-state index contributed by atoms with van der Waals surface area (Å²) in [7, 11) is 0. The lowest BCUT2D eigenvalue weighted by Crippen LogP contribution is -2.42. The summed E-state index contributed by atoms with van der Waals surface area (Å²) in [6.07, 6.45) is 31.2. The molecule has 0 saturated carbocycles. The zero-order valence-electron chi connectivity index (χ0n) is 38.4. The van der Waals surface area contributed by atoms with E-state index >= 15 is 0 Å². The molecule has 1 aromatic carbocycles. The third-order valence-electron chi connectivity index (χ3n) is 10.9.